The van der Waals surface area contributed by atoms with E-state index in [0.29, 0.717) is 15.7 Å². The van der Waals surface area contributed by atoms with Crippen molar-refractivity contribution in [3.05, 3.63) is 65.9 Å². The number of hydrogen-bond acceptors (Lipinski definition) is 2. The van der Waals surface area contributed by atoms with Gasteiger partial charge in [-0.15, -0.1) is 0 Å². The third-order valence-corrected chi connectivity index (χ3v) is 5.81. The molecule has 0 aliphatic heterocycles. The summed E-state index contributed by atoms with van der Waals surface area (Å²) in [5.74, 6) is 0. The minimum atomic E-state index is -3.56. The molecule has 0 N–H and O–H groups in total. The van der Waals surface area contributed by atoms with E-state index in [1.54, 1.807) is 18.3 Å². The Hall–Kier alpha value is -1.59. The van der Waals surface area contributed by atoms with Crippen molar-refractivity contribution < 1.29 is 8.42 Å². The van der Waals surface area contributed by atoms with Gasteiger partial charge in [-0.3, -0.25) is 0 Å². The van der Waals surface area contributed by atoms with Gasteiger partial charge in [0.05, 0.1) is 10.4 Å². The number of nitrogens with zero attached hydrogens (tertiary/aromatic N) is 1. The quantitative estimate of drug-likeness (QED) is 0.657. The normalized spacial score (nSPS) is 11.9. The fraction of sp³-hybridized carbons (Fsp3) is 0.125. The zero-order valence-corrected chi connectivity index (χ0v) is 13.9. The van der Waals surface area contributed by atoms with Crippen molar-refractivity contribution in [2.75, 3.05) is 0 Å². The molecule has 3 aromatic rings. The van der Waals surface area contributed by atoms with Gasteiger partial charge in [0, 0.05) is 16.9 Å². The van der Waals surface area contributed by atoms with Crippen LogP contribution in [-0.4, -0.2) is 12.4 Å². The molecule has 0 unspecified atom stereocenters. The van der Waals surface area contributed by atoms with Crippen LogP contribution in [0.15, 0.2) is 59.6 Å². The van der Waals surface area contributed by atoms with Gasteiger partial charge in [-0.2, -0.15) is 0 Å². The Morgan fingerprint density at radius 3 is 2.43 bits per heavy atom. The summed E-state index contributed by atoms with van der Waals surface area (Å²) in [6.45, 7) is 1.93. The Kier molecular flexibility index (Phi) is 3.63. The van der Waals surface area contributed by atoms with Gasteiger partial charge in [-0.1, -0.05) is 45.8 Å². The first kappa shape index (κ1) is 14.4. The molecule has 21 heavy (non-hydrogen) atoms. The van der Waals surface area contributed by atoms with Crippen LogP contribution in [0.2, 0.25) is 0 Å². The highest BCUT2D eigenvalue weighted by Crippen LogP contribution is 2.24. The van der Waals surface area contributed by atoms with E-state index in [2.05, 4.69) is 15.9 Å². The van der Waals surface area contributed by atoms with Crippen molar-refractivity contribution in [3.63, 3.8) is 0 Å². The molecule has 0 bridgehead atoms. The van der Waals surface area contributed by atoms with E-state index in [9.17, 15) is 8.42 Å². The van der Waals surface area contributed by atoms with Crippen LogP contribution in [0, 0.1) is 6.92 Å². The molecule has 0 atom stereocenters. The van der Waals surface area contributed by atoms with Crippen LogP contribution in [0.4, 0.5) is 0 Å². The van der Waals surface area contributed by atoms with Gasteiger partial charge in [0.1, 0.15) is 0 Å². The third-order valence-electron chi connectivity index (χ3n) is 3.45. The summed E-state index contributed by atoms with van der Waals surface area (Å²) >= 11 is 3.40. The summed E-state index contributed by atoms with van der Waals surface area (Å²) in [5, 5.41) is 1.61. The molecule has 0 radical (unpaired) electrons. The second-order valence-electron chi connectivity index (χ2n) is 4.96. The summed E-state index contributed by atoms with van der Waals surface area (Å²) in [7, 11) is -3.56. The maximum Gasteiger partial charge on any atom is 0.268 e. The standard InChI is InChI=1S/C16H14BrNO2S/c1-12-2-6-15(7-3-12)21(19,20)18-9-8-14-5-4-13(11-17)10-16(14)18/h2-10H,11H2,1H3. The van der Waals surface area contributed by atoms with Crippen LogP contribution >= 0.6 is 15.9 Å². The molecule has 5 heteroatoms. The first-order valence-corrected chi connectivity index (χ1v) is 9.07. The Bertz CT molecular complexity index is 896. The number of rotatable bonds is 3. The largest absolute Gasteiger partial charge is 0.268 e. The van der Waals surface area contributed by atoms with Crippen LogP contribution in [0.3, 0.4) is 0 Å². The zero-order chi connectivity index (χ0) is 15.0. The van der Waals surface area contributed by atoms with Crippen LogP contribution in [0.1, 0.15) is 11.1 Å². The first-order valence-electron chi connectivity index (χ1n) is 6.50. The van der Waals surface area contributed by atoms with E-state index < -0.39 is 10.0 Å². The maximum atomic E-state index is 12.8. The van der Waals surface area contributed by atoms with Gasteiger partial charge in [0.2, 0.25) is 0 Å². The number of alkyl halides is 1. The molecule has 0 fully saturated rings. The molecule has 0 aliphatic rings. The number of benzene rings is 2. The molecule has 0 saturated carbocycles. The fourth-order valence-electron chi connectivity index (χ4n) is 2.27. The lowest BCUT2D eigenvalue weighted by atomic mass is 10.2. The van der Waals surface area contributed by atoms with Crippen molar-refractivity contribution in [3.8, 4) is 0 Å². The Labute approximate surface area is 132 Å². The lowest BCUT2D eigenvalue weighted by molar-refractivity contribution is 0.589. The van der Waals surface area contributed by atoms with Gasteiger partial charge in [-0.05, 0) is 36.8 Å². The minimum Gasteiger partial charge on any atom is -0.241 e. The Morgan fingerprint density at radius 2 is 1.76 bits per heavy atom. The van der Waals surface area contributed by atoms with Crippen LogP contribution < -0.4 is 0 Å². The summed E-state index contributed by atoms with van der Waals surface area (Å²) in [4.78, 5) is 0.301. The Morgan fingerprint density at radius 1 is 1.05 bits per heavy atom. The lowest BCUT2D eigenvalue weighted by Crippen LogP contribution is -2.11. The number of fused-ring (bicyclic) bond motifs is 1. The minimum absolute atomic E-state index is 0.301. The smallest absolute Gasteiger partial charge is 0.241 e. The number of hydrogen-bond donors (Lipinski definition) is 0. The SMILES string of the molecule is Cc1ccc(S(=O)(=O)n2ccc3ccc(CBr)cc32)cc1. The molecule has 0 spiro atoms. The van der Waals surface area contributed by atoms with E-state index in [-0.39, 0.29) is 0 Å². The number of aryl methyl sites for hydroxylation is 1. The van der Waals surface area contributed by atoms with Crippen LogP contribution in [-0.2, 0) is 15.4 Å². The number of aromatic nitrogens is 1. The number of halogens is 1. The molecule has 1 aromatic heterocycles. The molecule has 0 amide bonds. The predicted octanol–water partition coefficient (Wildman–Crippen LogP) is 4.08. The molecule has 3 nitrogen and oxygen atoms in total. The first-order chi connectivity index (χ1) is 10.0. The van der Waals surface area contributed by atoms with Crippen molar-refractivity contribution in [1.29, 1.82) is 0 Å². The highest BCUT2D eigenvalue weighted by molar-refractivity contribution is 9.08. The molecule has 1 heterocycles. The van der Waals surface area contributed by atoms with Crippen molar-refractivity contribution in [2.24, 2.45) is 0 Å². The summed E-state index contributed by atoms with van der Waals surface area (Å²) < 4.78 is 26.9. The van der Waals surface area contributed by atoms with Crippen LogP contribution in [0.25, 0.3) is 10.9 Å². The highest BCUT2D eigenvalue weighted by atomic mass is 79.9. The van der Waals surface area contributed by atoms with Crippen molar-refractivity contribution in [1.82, 2.24) is 3.97 Å². The van der Waals surface area contributed by atoms with Gasteiger partial charge in [0.25, 0.3) is 10.0 Å². The summed E-state index contributed by atoms with van der Waals surface area (Å²) in [5.41, 5.74) is 2.78. The molecule has 108 valence electrons. The molecule has 0 aliphatic carbocycles. The third kappa shape index (κ3) is 2.51. The van der Waals surface area contributed by atoms with Crippen molar-refractivity contribution in [2.45, 2.75) is 17.1 Å². The van der Waals surface area contributed by atoms with Gasteiger partial charge < -0.3 is 0 Å². The highest BCUT2D eigenvalue weighted by Gasteiger charge is 2.18. The van der Waals surface area contributed by atoms with Gasteiger partial charge in [-0.25, -0.2) is 12.4 Å². The maximum absolute atomic E-state index is 12.8. The van der Waals surface area contributed by atoms with Gasteiger partial charge in [0.15, 0.2) is 0 Å². The second kappa shape index (κ2) is 5.31. The Balaban J connectivity index is 2.21. The fourth-order valence-corrected chi connectivity index (χ4v) is 3.96. The summed E-state index contributed by atoms with van der Waals surface area (Å²) in [6.07, 6.45) is 1.61. The zero-order valence-electron chi connectivity index (χ0n) is 11.5. The van der Waals surface area contributed by atoms with Crippen molar-refractivity contribution >= 4 is 36.9 Å². The second-order valence-corrected chi connectivity index (χ2v) is 7.33. The van der Waals surface area contributed by atoms with Crippen LogP contribution in [0.5, 0.6) is 0 Å². The van der Waals surface area contributed by atoms with E-state index in [1.807, 2.05) is 43.3 Å². The molecular formula is C16H14BrNO2S. The lowest BCUT2D eigenvalue weighted by Gasteiger charge is -2.08. The van der Waals surface area contributed by atoms with E-state index in [1.165, 1.54) is 3.97 Å². The molecular weight excluding hydrogens is 350 g/mol. The molecule has 2 aromatic carbocycles. The monoisotopic (exact) mass is 363 g/mol. The van der Waals surface area contributed by atoms with E-state index in [0.717, 1.165) is 16.5 Å². The molecule has 0 saturated heterocycles. The van der Waals surface area contributed by atoms with E-state index >= 15 is 0 Å². The average Bonchev–Trinajstić information content (AvgIpc) is 2.91. The van der Waals surface area contributed by atoms with Gasteiger partial charge >= 0.3 is 0 Å². The average molecular weight is 364 g/mol. The van der Waals surface area contributed by atoms with E-state index in [4.69, 9.17) is 0 Å². The molecule has 3 rings (SSSR count). The topological polar surface area (TPSA) is 39.1 Å². The predicted molar refractivity (Wildman–Crippen MR) is 88.3 cm³/mol. The summed E-state index contributed by atoms with van der Waals surface area (Å²) in [6, 6.07) is 14.5.